The molecule has 1 saturated heterocycles. The van der Waals surface area contributed by atoms with Crippen molar-refractivity contribution < 1.29 is 9.90 Å². The largest absolute Gasteiger partial charge is 0.396 e. The van der Waals surface area contributed by atoms with E-state index in [1.807, 2.05) is 24.3 Å². The monoisotopic (exact) mass is 288 g/mol. The Morgan fingerprint density at radius 3 is 2.71 bits per heavy atom. The zero-order valence-corrected chi connectivity index (χ0v) is 12.3. The Morgan fingerprint density at radius 1 is 1.24 bits per heavy atom. The highest BCUT2D eigenvalue weighted by atomic mass is 16.3. The molecule has 1 aliphatic carbocycles. The number of nitrogens with one attached hydrogen (secondary N) is 2. The van der Waals surface area contributed by atoms with Crippen LogP contribution in [0.2, 0.25) is 0 Å². The average Bonchev–Trinajstić information content (AvgIpc) is 2.94. The zero-order chi connectivity index (χ0) is 14.7. The Bertz CT molecular complexity index is 472. The van der Waals surface area contributed by atoms with Gasteiger partial charge in [-0.2, -0.15) is 0 Å². The van der Waals surface area contributed by atoms with Crippen molar-refractivity contribution in [2.75, 3.05) is 11.9 Å². The third-order valence-electron chi connectivity index (χ3n) is 4.80. The Morgan fingerprint density at radius 2 is 2.00 bits per heavy atom. The first-order valence-electron chi connectivity index (χ1n) is 8.03. The van der Waals surface area contributed by atoms with Crippen LogP contribution in [0.1, 0.15) is 37.7 Å². The minimum absolute atomic E-state index is 0.0461. The number of fused-ring (bicyclic) bond motifs is 1. The lowest BCUT2D eigenvalue weighted by atomic mass is 9.85. The molecule has 2 aliphatic rings. The number of anilines is 1. The van der Waals surface area contributed by atoms with Gasteiger partial charge >= 0.3 is 0 Å². The third kappa shape index (κ3) is 3.44. The summed E-state index contributed by atoms with van der Waals surface area (Å²) in [5, 5.41) is 15.4. The summed E-state index contributed by atoms with van der Waals surface area (Å²) >= 11 is 0. The molecule has 1 amide bonds. The number of hydrogen-bond acceptors (Lipinski definition) is 3. The van der Waals surface area contributed by atoms with Crippen LogP contribution in [0.25, 0.3) is 0 Å². The van der Waals surface area contributed by atoms with Crippen molar-refractivity contribution in [3.8, 4) is 0 Å². The van der Waals surface area contributed by atoms with Crippen LogP contribution in [-0.4, -0.2) is 29.7 Å². The Kier molecular flexibility index (Phi) is 4.56. The smallest absolute Gasteiger partial charge is 0.241 e. The van der Waals surface area contributed by atoms with E-state index in [4.69, 9.17) is 5.11 Å². The van der Waals surface area contributed by atoms with Crippen molar-refractivity contribution in [2.24, 2.45) is 5.92 Å². The van der Waals surface area contributed by atoms with E-state index in [-0.39, 0.29) is 18.6 Å². The van der Waals surface area contributed by atoms with Crippen LogP contribution in [0.4, 0.5) is 5.69 Å². The summed E-state index contributed by atoms with van der Waals surface area (Å²) in [6.07, 6.45) is 6.70. The number of carbonyl (C=O) groups excluding carboxylic acids is 1. The maximum Gasteiger partial charge on any atom is 0.241 e. The standard InChI is InChI=1S/C17H24N2O2/c20-10-9-12-5-7-14(8-6-12)18-17(21)16-11-13-3-1-2-4-15(13)19-16/h5-8,13,15-16,19-20H,1-4,9-11H2,(H,18,21). The van der Waals surface area contributed by atoms with Gasteiger partial charge in [-0.05, 0) is 49.3 Å². The van der Waals surface area contributed by atoms with E-state index in [2.05, 4.69) is 10.6 Å². The highest BCUT2D eigenvalue weighted by molar-refractivity contribution is 5.95. The molecule has 0 spiro atoms. The van der Waals surface area contributed by atoms with E-state index in [0.29, 0.717) is 18.4 Å². The molecule has 4 heteroatoms. The molecular weight excluding hydrogens is 264 g/mol. The predicted molar refractivity (Wildman–Crippen MR) is 83.1 cm³/mol. The summed E-state index contributed by atoms with van der Waals surface area (Å²) in [6.45, 7) is 0.153. The molecule has 1 saturated carbocycles. The van der Waals surface area contributed by atoms with Gasteiger partial charge in [0.15, 0.2) is 0 Å². The average molecular weight is 288 g/mol. The van der Waals surface area contributed by atoms with E-state index >= 15 is 0 Å². The van der Waals surface area contributed by atoms with Crippen LogP contribution in [0.15, 0.2) is 24.3 Å². The molecule has 1 heterocycles. The van der Waals surface area contributed by atoms with Crippen LogP contribution in [-0.2, 0) is 11.2 Å². The fourth-order valence-electron chi connectivity index (χ4n) is 3.63. The van der Waals surface area contributed by atoms with E-state index in [1.54, 1.807) is 0 Å². The topological polar surface area (TPSA) is 61.4 Å². The van der Waals surface area contributed by atoms with Crippen molar-refractivity contribution in [1.82, 2.24) is 5.32 Å². The van der Waals surface area contributed by atoms with Crippen LogP contribution in [0.3, 0.4) is 0 Å². The van der Waals surface area contributed by atoms with Gasteiger partial charge in [0.1, 0.15) is 0 Å². The Labute approximate surface area is 125 Å². The second-order valence-corrected chi connectivity index (χ2v) is 6.27. The lowest BCUT2D eigenvalue weighted by Crippen LogP contribution is -2.39. The lowest BCUT2D eigenvalue weighted by molar-refractivity contribution is -0.117. The highest BCUT2D eigenvalue weighted by Gasteiger charge is 2.38. The molecule has 1 aromatic carbocycles. The zero-order valence-electron chi connectivity index (χ0n) is 12.3. The predicted octanol–water partition coefficient (Wildman–Crippen LogP) is 2.08. The fourth-order valence-corrected chi connectivity index (χ4v) is 3.63. The molecule has 3 unspecified atom stereocenters. The molecule has 4 nitrogen and oxygen atoms in total. The van der Waals surface area contributed by atoms with Crippen molar-refractivity contribution in [3.05, 3.63) is 29.8 Å². The summed E-state index contributed by atoms with van der Waals surface area (Å²) < 4.78 is 0. The van der Waals surface area contributed by atoms with E-state index in [9.17, 15) is 4.79 Å². The molecule has 1 aromatic rings. The van der Waals surface area contributed by atoms with E-state index in [1.165, 1.54) is 25.7 Å². The maximum absolute atomic E-state index is 12.4. The van der Waals surface area contributed by atoms with Gasteiger partial charge in [-0.15, -0.1) is 0 Å². The maximum atomic E-state index is 12.4. The summed E-state index contributed by atoms with van der Waals surface area (Å²) in [4.78, 5) is 12.4. The van der Waals surface area contributed by atoms with Crippen molar-refractivity contribution in [2.45, 2.75) is 50.6 Å². The van der Waals surface area contributed by atoms with Crippen LogP contribution in [0.5, 0.6) is 0 Å². The van der Waals surface area contributed by atoms with E-state index in [0.717, 1.165) is 17.7 Å². The van der Waals surface area contributed by atoms with Crippen molar-refractivity contribution in [1.29, 1.82) is 0 Å². The SMILES string of the molecule is O=C(Nc1ccc(CCO)cc1)C1CC2CCCCC2N1. The van der Waals surface area contributed by atoms with Gasteiger partial charge < -0.3 is 15.7 Å². The molecule has 3 rings (SSSR count). The molecular formula is C17H24N2O2. The molecule has 3 atom stereocenters. The normalized spacial score (nSPS) is 28.1. The highest BCUT2D eigenvalue weighted by Crippen LogP contribution is 2.33. The number of benzene rings is 1. The Hall–Kier alpha value is -1.39. The van der Waals surface area contributed by atoms with Gasteiger partial charge in [0.2, 0.25) is 5.91 Å². The third-order valence-corrected chi connectivity index (χ3v) is 4.80. The molecule has 1 aliphatic heterocycles. The fraction of sp³-hybridized carbons (Fsp3) is 0.588. The lowest BCUT2D eigenvalue weighted by Gasteiger charge is -2.24. The van der Waals surface area contributed by atoms with Crippen LogP contribution >= 0.6 is 0 Å². The van der Waals surface area contributed by atoms with Gasteiger partial charge in [-0.3, -0.25) is 4.79 Å². The number of rotatable bonds is 4. The number of amides is 1. The number of aliphatic hydroxyl groups is 1. The molecule has 21 heavy (non-hydrogen) atoms. The molecule has 3 N–H and O–H groups in total. The second-order valence-electron chi connectivity index (χ2n) is 6.27. The first-order chi connectivity index (χ1) is 10.3. The molecule has 0 radical (unpaired) electrons. The second kappa shape index (κ2) is 6.58. The summed E-state index contributed by atoms with van der Waals surface area (Å²) in [7, 11) is 0. The van der Waals surface area contributed by atoms with Crippen LogP contribution in [0, 0.1) is 5.92 Å². The van der Waals surface area contributed by atoms with E-state index < -0.39 is 0 Å². The summed E-state index contributed by atoms with van der Waals surface area (Å²) in [5.41, 5.74) is 1.92. The molecule has 2 fully saturated rings. The number of carbonyl (C=O) groups is 1. The number of hydrogen-bond donors (Lipinski definition) is 3. The van der Waals surface area contributed by atoms with Gasteiger partial charge in [-0.1, -0.05) is 25.0 Å². The van der Waals surface area contributed by atoms with Gasteiger partial charge in [-0.25, -0.2) is 0 Å². The van der Waals surface area contributed by atoms with Gasteiger partial charge in [0.05, 0.1) is 6.04 Å². The molecule has 0 bridgehead atoms. The first kappa shape index (κ1) is 14.5. The molecule has 114 valence electrons. The number of aliphatic hydroxyl groups excluding tert-OH is 1. The van der Waals surface area contributed by atoms with Crippen molar-refractivity contribution in [3.63, 3.8) is 0 Å². The minimum atomic E-state index is -0.0461. The van der Waals surface area contributed by atoms with Crippen molar-refractivity contribution >= 4 is 11.6 Å². The van der Waals surface area contributed by atoms with Gasteiger partial charge in [0.25, 0.3) is 0 Å². The molecule has 0 aromatic heterocycles. The minimum Gasteiger partial charge on any atom is -0.396 e. The van der Waals surface area contributed by atoms with Crippen LogP contribution < -0.4 is 10.6 Å². The summed E-state index contributed by atoms with van der Waals surface area (Å²) in [6, 6.07) is 8.22. The van der Waals surface area contributed by atoms with Gasteiger partial charge in [0, 0.05) is 18.3 Å². The summed E-state index contributed by atoms with van der Waals surface area (Å²) in [5.74, 6) is 0.765. The Balaban J connectivity index is 1.56. The first-order valence-corrected chi connectivity index (χ1v) is 8.03. The quantitative estimate of drug-likeness (QED) is 0.795.